The van der Waals surface area contributed by atoms with Gasteiger partial charge in [-0.3, -0.25) is 4.79 Å². The Morgan fingerprint density at radius 2 is 2.00 bits per heavy atom. The Balaban J connectivity index is 3.03. The number of nitrogen functional groups attached to an aromatic ring is 1. The first kappa shape index (κ1) is 14.4. The third-order valence-electron chi connectivity index (χ3n) is 2.91. The molecule has 0 atom stereocenters. The second kappa shape index (κ2) is 5.29. The van der Waals surface area contributed by atoms with Gasteiger partial charge in [0, 0.05) is 6.42 Å². The van der Waals surface area contributed by atoms with Gasteiger partial charge in [0.2, 0.25) is 0 Å². The number of hydrogen-bond acceptors (Lipinski definition) is 4. The van der Waals surface area contributed by atoms with Crippen LogP contribution in [0.15, 0.2) is 12.1 Å². The lowest BCUT2D eigenvalue weighted by molar-refractivity contribution is -0.140. The van der Waals surface area contributed by atoms with Gasteiger partial charge in [-0.1, -0.05) is 26.8 Å². The maximum atomic E-state index is 11.1. The molecule has 0 unspecified atom stereocenters. The number of ether oxygens (including phenoxy) is 1. The van der Waals surface area contributed by atoms with E-state index in [1.807, 2.05) is 6.07 Å². The van der Waals surface area contributed by atoms with E-state index in [1.165, 1.54) is 7.11 Å². The van der Waals surface area contributed by atoms with Crippen LogP contribution in [0.2, 0.25) is 0 Å². The van der Waals surface area contributed by atoms with E-state index in [1.54, 1.807) is 6.07 Å². The van der Waals surface area contributed by atoms with E-state index in [0.29, 0.717) is 17.7 Å². The number of aromatic hydroxyl groups is 1. The monoisotopic (exact) mass is 251 g/mol. The second-order valence-corrected chi connectivity index (χ2v) is 5.40. The lowest BCUT2D eigenvalue weighted by Crippen LogP contribution is -2.12. The standard InChI is InChI=1S/C14H21NO3/c1-14(2,3)10-7-9(5-6-12(16)18-4)13(17)11(15)8-10/h7-8,17H,5-6,15H2,1-4H3. The van der Waals surface area contributed by atoms with Crippen LogP contribution in [0.3, 0.4) is 0 Å². The number of methoxy groups -OCH3 is 1. The van der Waals surface area contributed by atoms with Crippen LogP contribution in [0.1, 0.15) is 38.3 Å². The summed E-state index contributed by atoms with van der Waals surface area (Å²) in [5, 5.41) is 9.90. The van der Waals surface area contributed by atoms with Gasteiger partial charge in [0.25, 0.3) is 0 Å². The van der Waals surface area contributed by atoms with Crippen LogP contribution in [0, 0.1) is 0 Å². The van der Waals surface area contributed by atoms with E-state index in [0.717, 1.165) is 5.56 Å². The molecule has 0 aliphatic rings. The van der Waals surface area contributed by atoms with Gasteiger partial charge in [-0.25, -0.2) is 0 Å². The summed E-state index contributed by atoms with van der Waals surface area (Å²) in [6, 6.07) is 3.67. The predicted molar refractivity (Wildman–Crippen MR) is 71.6 cm³/mol. The van der Waals surface area contributed by atoms with Crippen molar-refractivity contribution in [3.8, 4) is 5.75 Å². The summed E-state index contributed by atoms with van der Waals surface area (Å²) in [5.74, 6) is -0.235. The molecule has 0 radical (unpaired) electrons. The zero-order valence-electron chi connectivity index (χ0n) is 11.4. The number of rotatable bonds is 3. The number of benzene rings is 1. The molecule has 0 amide bonds. The van der Waals surface area contributed by atoms with Gasteiger partial charge in [0.15, 0.2) is 0 Å². The van der Waals surface area contributed by atoms with Crippen LogP contribution in [-0.2, 0) is 21.4 Å². The minimum Gasteiger partial charge on any atom is -0.506 e. The summed E-state index contributed by atoms with van der Waals surface area (Å²) in [6.45, 7) is 6.22. The SMILES string of the molecule is COC(=O)CCc1cc(C(C)(C)C)cc(N)c1O. The van der Waals surface area contributed by atoms with Crippen LogP contribution in [0.5, 0.6) is 5.75 Å². The van der Waals surface area contributed by atoms with Gasteiger partial charge < -0.3 is 15.6 Å². The van der Waals surface area contributed by atoms with Crippen molar-refractivity contribution in [3.05, 3.63) is 23.3 Å². The molecular formula is C14H21NO3. The highest BCUT2D eigenvalue weighted by Crippen LogP contribution is 2.33. The van der Waals surface area contributed by atoms with Crippen LogP contribution >= 0.6 is 0 Å². The molecule has 0 heterocycles. The molecule has 0 aliphatic carbocycles. The number of phenols is 1. The number of esters is 1. The number of nitrogens with two attached hydrogens (primary N) is 1. The number of aryl methyl sites for hydroxylation is 1. The Bertz CT molecular complexity index is 447. The molecule has 4 nitrogen and oxygen atoms in total. The fourth-order valence-corrected chi connectivity index (χ4v) is 1.68. The molecule has 0 aromatic heterocycles. The highest BCUT2D eigenvalue weighted by Gasteiger charge is 2.18. The largest absolute Gasteiger partial charge is 0.506 e. The van der Waals surface area contributed by atoms with E-state index in [4.69, 9.17) is 5.73 Å². The zero-order chi connectivity index (χ0) is 13.9. The molecule has 1 aromatic rings. The third-order valence-corrected chi connectivity index (χ3v) is 2.91. The first-order valence-corrected chi connectivity index (χ1v) is 5.94. The molecule has 0 spiro atoms. The van der Waals surface area contributed by atoms with Crippen molar-refractivity contribution in [2.45, 2.75) is 39.0 Å². The molecule has 100 valence electrons. The Morgan fingerprint density at radius 1 is 1.39 bits per heavy atom. The Morgan fingerprint density at radius 3 is 2.50 bits per heavy atom. The average molecular weight is 251 g/mol. The van der Waals surface area contributed by atoms with E-state index in [-0.39, 0.29) is 23.6 Å². The number of carbonyl (C=O) groups excluding carboxylic acids is 1. The van der Waals surface area contributed by atoms with E-state index >= 15 is 0 Å². The van der Waals surface area contributed by atoms with Gasteiger partial charge in [0.05, 0.1) is 12.8 Å². The third kappa shape index (κ3) is 3.39. The van der Waals surface area contributed by atoms with Crippen molar-refractivity contribution in [1.82, 2.24) is 0 Å². The lowest BCUT2D eigenvalue weighted by Gasteiger charge is -2.21. The van der Waals surface area contributed by atoms with Crippen LogP contribution in [0.4, 0.5) is 5.69 Å². The highest BCUT2D eigenvalue weighted by atomic mass is 16.5. The normalized spacial score (nSPS) is 11.3. The maximum Gasteiger partial charge on any atom is 0.305 e. The topological polar surface area (TPSA) is 72.5 Å². The van der Waals surface area contributed by atoms with Crippen LogP contribution in [0.25, 0.3) is 0 Å². The summed E-state index contributed by atoms with van der Waals surface area (Å²) in [5.41, 5.74) is 7.81. The average Bonchev–Trinajstić information content (AvgIpc) is 2.28. The molecule has 1 aromatic carbocycles. The highest BCUT2D eigenvalue weighted by molar-refractivity contribution is 5.70. The van der Waals surface area contributed by atoms with Crippen molar-refractivity contribution in [1.29, 1.82) is 0 Å². The van der Waals surface area contributed by atoms with Gasteiger partial charge in [-0.2, -0.15) is 0 Å². The Hall–Kier alpha value is -1.71. The van der Waals surface area contributed by atoms with Gasteiger partial charge in [-0.15, -0.1) is 0 Å². The zero-order valence-corrected chi connectivity index (χ0v) is 11.4. The molecule has 18 heavy (non-hydrogen) atoms. The predicted octanol–water partition coefficient (Wildman–Crippen LogP) is 2.38. The molecule has 0 fully saturated rings. The summed E-state index contributed by atoms with van der Waals surface area (Å²) in [6.07, 6.45) is 0.656. The summed E-state index contributed by atoms with van der Waals surface area (Å²) in [7, 11) is 1.35. The van der Waals surface area contributed by atoms with Crippen LogP contribution < -0.4 is 5.73 Å². The van der Waals surface area contributed by atoms with Crippen molar-refractivity contribution >= 4 is 11.7 Å². The van der Waals surface area contributed by atoms with Crippen molar-refractivity contribution in [2.75, 3.05) is 12.8 Å². The van der Waals surface area contributed by atoms with Gasteiger partial charge >= 0.3 is 5.97 Å². The lowest BCUT2D eigenvalue weighted by atomic mass is 9.85. The second-order valence-electron chi connectivity index (χ2n) is 5.40. The number of anilines is 1. The molecule has 1 rings (SSSR count). The van der Waals surface area contributed by atoms with E-state index < -0.39 is 0 Å². The van der Waals surface area contributed by atoms with E-state index in [2.05, 4.69) is 25.5 Å². The van der Waals surface area contributed by atoms with Gasteiger partial charge in [-0.05, 0) is 29.0 Å². The number of carbonyl (C=O) groups is 1. The Kier molecular flexibility index (Phi) is 4.22. The molecule has 3 N–H and O–H groups in total. The molecule has 4 heteroatoms. The van der Waals surface area contributed by atoms with E-state index in [9.17, 15) is 9.90 Å². The fourth-order valence-electron chi connectivity index (χ4n) is 1.68. The molecule has 0 saturated carbocycles. The molecular weight excluding hydrogens is 230 g/mol. The minimum absolute atomic E-state index is 0.0537. The molecule has 0 aliphatic heterocycles. The number of hydrogen-bond donors (Lipinski definition) is 2. The smallest absolute Gasteiger partial charge is 0.305 e. The molecule has 0 bridgehead atoms. The van der Waals surface area contributed by atoms with Crippen molar-refractivity contribution in [2.24, 2.45) is 0 Å². The van der Waals surface area contributed by atoms with Crippen molar-refractivity contribution in [3.63, 3.8) is 0 Å². The van der Waals surface area contributed by atoms with Crippen LogP contribution in [-0.4, -0.2) is 18.2 Å². The minimum atomic E-state index is -0.297. The maximum absolute atomic E-state index is 11.1. The summed E-state index contributed by atoms with van der Waals surface area (Å²) >= 11 is 0. The van der Waals surface area contributed by atoms with Crippen molar-refractivity contribution < 1.29 is 14.6 Å². The summed E-state index contributed by atoms with van der Waals surface area (Å²) in [4.78, 5) is 11.1. The first-order chi connectivity index (χ1) is 8.25. The first-order valence-electron chi connectivity index (χ1n) is 5.94. The Labute approximate surface area is 108 Å². The fraction of sp³-hybridized carbons (Fsp3) is 0.500. The molecule has 0 saturated heterocycles. The quantitative estimate of drug-likeness (QED) is 0.491. The summed E-state index contributed by atoms with van der Waals surface area (Å²) < 4.78 is 4.59. The van der Waals surface area contributed by atoms with Gasteiger partial charge in [0.1, 0.15) is 5.75 Å². The number of phenolic OH excluding ortho intramolecular Hbond substituents is 1.